The van der Waals surface area contributed by atoms with Gasteiger partial charge in [-0.3, -0.25) is 4.52 Å². The summed E-state index contributed by atoms with van der Waals surface area (Å²) in [4.78, 5) is 0. The van der Waals surface area contributed by atoms with Crippen LogP contribution in [0.1, 0.15) is 46.0 Å². The van der Waals surface area contributed by atoms with Gasteiger partial charge in [-0.2, -0.15) is 0 Å². The molecule has 0 aliphatic rings. The van der Waals surface area contributed by atoms with Crippen LogP contribution >= 0.6 is 8.60 Å². The van der Waals surface area contributed by atoms with Gasteiger partial charge in [0.25, 0.3) is 0 Å². The number of unbranched alkanes of at least 4 members (excludes halogenated alkanes) is 2. The monoisotopic (exact) mass is 346 g/mol. The molecule has 0 heterocycles. The van der Waals surface area contributed by atoms with Crippen LogP contribution in [0.25, 0.3) is 0 Å². The molecule has 4 heteroatoms. The van der Waals surface area contributed by atoms with Crippen molar-refractivity contribution >= 4 is 8.60 Å². The van der Waals surface area contributed by atoms with Crippen molar-refractivity contribution in [3.8, 4) is 11.5 Å². The van der Waals surface area contributed by atoms with Gasteiger partial charge in [-0.15, -0.1) is 0 Å². The van der Waals surface area contributed by atoms with E-state index in [4.69, 9.17) is 13.6 Å². The van der Waals surface area contributed by atoms with Crippen molar-refractivity contribution in [2.75, 3.05) is 0 Å². The summed E-state index contributed by atoms with van der Waals surface area (Å²) in [5, 5.41) is 0. The van der Waals surface area contributed by atoms with Gasteiger partial charge < -0.3 is 9.05 Å². The zero-order chi connectivity index (χ0) is 17.0. The molecule has 2 aromatic rings. The van der Waals surface area contributed by atoms with Crippen molar-refractivity contribution in [1.29, 1.82) is 0 Å². The molecule has 0 spiro atoms. The summed E-state index contributed by atoms with van der Waals surface area (Å²) < 4.78 is 18.1. The van der Waals surface area contributed by atoms with Crippen molar-refractivity contribution < 1.29 is 13.6 Å². The van der Waals surface area contributed by atoms with Gasteiger partial charge in [-0.1, -0.05) is 69.5 Å². The van der Waals surface area contributed by atoms with E-state index in [2.05, 4.69) is 13.8 Å². The predicted octanol–water partition coefficient (Wildman–Crippen LogP) is 6.75. The fourth-order valence-electron chi connectivity index (χ4n) is 2.27. The lowest BCUT2D eigenvalue weighted by atomic mass is 10.1. The Morgan fingerprint density at radius 2 is 1.33 bits per heavy atom. The van der Waals surface area contributed by atoms with E-state index in [1.165, 1.54) is 19.3 Å². The van der Waals surface area contributed by atoms with Gasteiger partial charge in [0.2, 0.25) is 0 Å². The Kier molecular flexibility index (Phi) is 8.65. The first-order valence-corrected chi connectivity index (χ1v) is 9.84. The first-order valence-electron chi connectivity index (χ1n) is 8.74. The molecule has 24 heavy (non-hydrogen) atoms. The van der Waals surface area contributed by atoms with Crippen molar-refractivity contribution in [1.82, 2.24) is 0 Å². The molecule has 2 aromatic carbocycles. The fraction of sp³-hybridized carbons (Fsp3) is 0.400. The number of hydrogen-bond acceptors (Lipinski definition) is 3. The Balaban J connectivity index is 2.00. The van der Waals surface area contributed by atoms with E-state index in [1.54, 1.807) is 0 Å². The molecule has 130 valence electrons. The van der Waals surface area contributed by atoms with Crippen LogP contribution in [0.4, 0.5) is 0 Å². The van der Waals surface area contributed by atoms with Gasteiger partial charge in [-0.05, 0) is 37.1 Å². The maximum Gasteiger partial charge on any atom is 0.463 e. The lowest BCUT2D eigenvalue weighted by Crippen LogP contribution is -2.12. The van der Waals surface area contributed by atoms with Crippen molar-refractivity contribution in [2.24, 2.45) is 0 Å². The molecule has 0 aromatic heterocycles. The molecular weight excluding hydrogens is 319 g/mol. The minimum Gasteiger partial charge on any atom is -0.418 e. The van der Waals surface area contributed by atoms with Crippen LogP contribution in [0.5, 0.6) is 11.5 Å². The molecule has 0 bridgehead atoms. The van der Waals surface area contributed by atoms with Gasteiger partial charge in [0, 0.05) is 0 Å². The highest BCUT2D eigenvalue weighted by molar-refractivity contribution is 7.42. The topological polar surface area (TPSA) is 27.7 Å². The second kappa shape index (κ2) is 11.1. The van der Waals surface area contributed by atoms with Gasteiger partial charge in [0.15, 0.2) is 0 Å². The van der Waals surface area contributed by atoms with E-state index in [-0.39, 0.29) is 6.10 Å². The number of para-hydroxylation sites is 2. The lowest BCUT2D eigenvalue weighted by Gasteiger charge is -2.22. The Morgan fingerprint density at radius 3 is 1.79 bits per heavy atom. The Hall–Kier alpha value is -1.57. The fourth-order valence-corrected chi connectivity index (χ4v) is 3.48. The third-order valence-electron chi connectivity index (χ3n) is 3.67. The second-order valence-corrected chi connectivity index (χ2v) is 6.69. The summed E-state index contributed by atoms with van der Waals surface area (Å²) in [6.45, 7) is 4.36. The molecule has 0 N–H and O–H groups in total. The molecule has 0 fully saturated rings. The van der Waals surface area contributed by atoms with E-state index in [0.29, 0.717) is 0 Å². The Morgan fingerprint density at radius 1 is 0.792 bits per heavy atom. The van der Waals surface area contributed by atoms with Crippen LogP contribution < -0.4 is 9.05 Å². The SMILES string of the molecule is CCCCCC(CC)OP(Oc1ccccc1)Oc1ccccc1. The van der Waals surface area contributed by atoms with Crippen LogP contribution in [-0.4, -0.2) is 6.10 Å². The molecule has 0 amide bonds. The smallest absolute Gasteiger partial charge is 0.418 e. The maximum atomic E-state index is 6.17. The van der Waals surface area contributed by atoms with Crippen LogP contribution in [0, 0.1) is 0 Å². The van der Waals surface area contributed by atoms with Crippen LogP contribution in [0.2, 0.25) is 0 Å². The minimum atomic E-state index is -1.48. The molecule has 0 aliphatic carbocycles. The highest BCUT2D eigenvalue weighted by Gasteiger charge is 2.22. The lowest BCUT2D eigenvalue weighted by molar-refractivity contribution is 0.162. The number of rotatable bonds is 11. The summed E-state index contributed by atoms with van der Waals surface area (Å²) in [7, 11) is -1.48. The van der Waals surface area contributed by atoms with Gasteiger partial charge in [-0.25, -0.2) is 0 Å². The minimum absolute atomic E-state index is 0.162. The van der Waals surface area contributed by atoms with Crippen molar-refractivity contribution in [2.45, 2.75) is 52.1 Å². The molecule has 0 saturated carbocycles. The molecule has 0 saturated heterocycles. The quantitative estimate of drug-likeness (QED) is 0.333. The molecule has 3 nitrogen and oxygen atoms in total. The summed E-state index contributed by atoms with van der Waals surface area (Å²) in [5.41, 5.74) is 0. The summed E-state index contributed by atoms with van der Waals surface area (Å²) in [6, 6.07) is 19.4. The number of hydrogen-bond donors (Lipinski definition) is 0. The van der Waals surface area contributed by atoms with E-state index >= 15 is 0 Å². The molecule has 0 radical (unpaired) electrons. The van der Waals surface area contributed by atoms with E-state index in [0.717, 1.165) is 24.3 Å². The number of benzene rings is 2. The Bertz CT molecular complexity index is 506. The normalized spacial score (nSPS) is 12.1. The van der Waals surface area contributed by atoms with Gasteiger partial charge in [0.05, 0.1) is 6.10 Å². The highest BCUT2D eigenvalue weighted by Crippen LogP contribution is 2.43. The van der Waals surface area contributed by atoms with Crippen molar-refractivity contribution in [3.05, 3.63) is 60.7 Å². The molecule has 0 aliphatic heterocycles. The molecule has 1 atom stereocenters. The van der Waals surface area contributed by atoms with Gasteiger partial charge >= 0.3 is 8.60 Å². The summed E-state index contributed by atoms with van der Waals surface area (Å²) in [5.74, 6) is 1.53. The van der Waals surface area contributed by atoms with E-state index < -0.39 is 8.60 Å². The van der Waals surface area contributed by atoms with Crippen molar-refractivity contribution in [3.63, 3.8) is 0 Å². The van der Waals surface area contributed by atoms with Crippen LogP contribution in [0.15, 0.2) is 60.7 Å². The maximum absolute atomic E-state index is 6.17. The summed E-state index contributed by atoms with van der Waals surface area (Å²) >= 11 is 0. The molecule has 1 unspecified atom stereocenters. The average molecular weight is 346 g/mol. The highest BCUT2D eigenvalue weighted by atomic mass is 31.2. The third-order valence-corrected chi connectivity index (χ3v) is 4.86. The van der Waals surface area contributed by atoms with Gasteiger partial charge in [0.1, 0.15) is 11.5 Å². The average Bonchev–Trinajstić information content (AvgIpc) is 2.62. The second-order valence-electron chi connectivity index (χ2n) is 5.66. The molecule has 2 rings (SSSR count). The van der Waals surface area contributed by atoms with E-state index in [9.17, 15) is 0 Å². The summed E-state index contributed by atoms with van der Waals surface area (Å²) in [6.07, 6.45) is 5.78. The van der Waals surface area contributed by atoms with E-state index in [1.807, 2.05) is 60.7 Å². The molecular formula is C20H27O3P. The van der Waals surface area contributed by atoms with Crippen LogP contribution in [0.3, 0.4) is 0 Å². The van der Waals surface area contributed by atoms with Crippen LogP contribution in [-0.2, 0) is 4.52 Å². The predicted molar refractivity (Wildman–Crippen MR) is 100 cm³/mol. The third kappa shape index (κ3) is 6.90. The zero-order valence-corrected chi connectivity index (χ0v) is 15.5. The Labute approximate surface area is 147 Å². The largest absolute Gasteiger partial charge is 0.463 e. The standard InChI is InChI=1S/C20H27O3P/c1-3-5-8-13-18(4-2)21-24(22-19-14-9-6-10-15-19)23-20-16-11-7-12-17-20/h6-7,9-12,14-18H,3-5,8,13H2,1-2H3. The first kappa shape index (κ1) is 18.8. The zero-order valence-electron chi connectivity index (χ0n) is 14.6. The first-order chi connectivity index (χ1) is 11.8.